The number of carbonyl (C=O) groups excluding carboxylic acids is 2. The standard InChI is InChI=1S/C17H18N4O2.C11H13ClN4O/c18-17-14(11-5-7-19-12(9-11)6-8-22)10-15(20-21-17)13-3-1-2-4-16(13)23;1-7(17)16-4-2-8(3-5-16)9-6-10(12)14-15-11(9)13/h1-4,8-10,12,19,23H,5-7H2,(H2,18,21);2,6H,3-5H2,1H3,(H2,13,15). The van der Waals surface area contributed by atoms with E-state index in [-0.39, 0.29) is 17.7 Å². The van der Waals surface area contributed by atoms with E-state index < -0.39 is 0 Å². The number of phenolic OH excluding ortho intramolecular Hbond substituents is 1. The van der Waals surface area contributed by atoms with Gasteiger partial charge in [0.2, 0.25) is 5.91 Å². The van der Waals surface area contributed by atoms with Crippen LogP contribution in [0.1, 0.15) is 37.3 Å². The molecule has 11 nitrogen and oxygen atoms in total. The molecule has 1 aromatic carbocycles. The number of rotatable bonds is 5. The number of aromatic nitrogens is 4. The molecule has 6 N–H and O–H groups in total. The highest BCUT2D eigenvalue weighted by Crippen LogP contribution is 2.32. The Kier molecular flexibility index (Phi) is 9.41. The van der Waals surface area contributed by atoms with E-state index in [1.165, 1.54) is 0 Å². The second-order valence-electron chi connectivity index (χ2n) is 9.36. The molecule has 1 unspecified atom stereocenters. The first kappa shape index (κ1) is 28.7. The quantitative estimate of drug-likeness (QED) is 0.338. The molecule has 40 heavy (non-hydrogen) atoms. The van der Waals surface area contributed by atoms with Crippen LogP contribution in [0.25, 0.3) is 22.4 Å². The van der Waals surface area contributed by atoms with E-state index in [0.717, 1.165) is 47.9 Å². The molecule has 4 heterocycles. The molecule has 2 aliphatic rings. The summed E-state index contributed by atoms with van der Waals surface area (Å²) in [6.07, 6.45) is 6.87. The van der Waals surface area contributed by atoms with Crippen molar-refractivity contribution in [3.63, 3.8) is 0 Å². The lowest BCUT2D eigenvalue weighted by Crippen LogP contribution is -2.32. The lowest BCUT2D eigenvalue weighted by Gasteiger charge is -2.25. The zero-order chi connectivity index (χ0) is 28.6. The summed E-state index contributed by atoms with van der Waals surface area (Å²) in [5.41, 5.74) is 16.7. The van der Waals surface area contributed by atoms with E-state index in [9.17, 15) is 14.7 Å². The van der Waals surface area contributed by atoms with Crippen molar-refractivity contribution in [2.45, 2.75) is 32.2 Å². The fourth-order valence-electron chi connectivity index (χ4n) is 4.57. The molecule has 0 aliphatic carbocycles. The molecule has 0 saturated carbocycles. The largest absolute Gasteiger partial charge is 0.507 e. The number of anilines is 2. The lowest BCUT2D eigenvalue weighted by atomic mass is 9.95. The van der Waals surface area contributed by atoms with Crippen LogP contribution in [0.15, 0.2) is 48.6 Å². The first-order valence-corrected chi connectivity index (χ1v) is 13.2. The normalized spacial score (nSPS) is 16.8. The molecule has 208 valence electrons. The van der Waals surface area contributed by atoms with Crippen LogP contribution in [0, 0.1) is 0 Å². The van der Waals surface area contributed by atoms with E-state index in [1.807, 2.05) is 24.3 Å². The Morgan fingerprint density at radius 2 is 1.80 bits per heavy atom. The van der Waals surface area contributed by atoms with Gasteiger partial charge in [0.15, 0.2) is 16.8 Å². The van der Waals surface area contributed by atoms with Gasteiger partial charge in [0.1, 0.15) is 12.0 Å². The highest BCUT2D eigenvalue weighted by atomic mass is 35.5. The molecule has 0 saturated heterocycles. The number of halogens is 1. The third-order valence-electron chi connectivity index (χ3n) is 6.69. The van der Waals surface area contributed by atoms with Crippen LogP contribution < -0.4 is 16.8 Å². The average Bonchev–Trinajstić information content (AvgIpc) is 2.96. The zero-order valence-corrected chi connectivity index (χ0v) is 22.8. The number of para-hydroxylation sites is 1. The number of aldehydes is 1. The summed E-state index contributed by atoms with van der Waals surface area (Å²) >= 11 is 5.79. The van der Waals surface area contributed by atoms with E-state index in [2.05, 4.69) is 25.7 Å². The number of carbonyl (C=O) groups is 2. The monoisotopic (exact) mass is 562 g/mol. The second kappa shape index (κ2) is 13.1. The van der Waals surface area contributed by atoms with Crippen LogP contribution in [0.2, 0.25) is 5.15 Å². The van der Waals surface area contributed by atoms with E-state index in [1.54, 1.807) is 36.1 Å². The number of hydrogen-bond acceptors (Lipinski definition) is 10. The van der Waals surface area contributed by atoms with E-state index in [0.29, 0.717) is 47.6 Å². The SMILES string of the molecule is CC(=O)N1CC=C(c2cc(Cl)nnc2N)CC1.Nc1nnc(-c2ccccc2O)cc1C1=CC(CC=O)NCC1. The molecule has 0 spiro atoms. The van der Waals surface area contributed by atoms with Gasteiger partial charge in [-0.2, -0.15) is 0 Å². The summed E-state index contributed by atoms with van der Waals surface area (Å²) in [5, 5.41) is 29.2. The summed E-state index contributed by atoms with van der Waals surface area (Å²) in [7, 11) is 0. The number of aromatic hydroxyl groups is 1. The van der Waals surface area contributed by atoms with Gasteiger partial charge in [0.05, 0.1) is 5.69 Å². The summed E-state index contributed by atoms with van der Waals surface area (Å²) < 4.78 is 0. The summed E-state index contributed by atoms with van der Waals surface area (Å²) in [5.74, 6) is 0.953. The topological polar surface area (TPSA) is 173 Å². The third kappa shape index (κ3) is 6.99. The molecular formula is C28H31ClN8O3. The number of nitrogens with zero attached hydrogens (tertiary/aromatic N) is 5. The van der Waals surface area contributed by atoms with Gasteiger partial charge in [0.25, 0.3) is 0 Å². The van der Waals surface area contributed by atoms with Gasteiger partial charge in [-0.3, -0.25) is 4.79 Å². The molecule has 2 aliphatic heterocycles. The Bertz CT molecular complexity index is 1460. The number of amides is 1. The van der Waals surface area contributed by atoms with E-state index in [4.69, 9.17) is 23.1 Å². The Morgan fingerprint density at radius 3 is 2.48 bits per heavy atom. The molecule has 5 rings (SSSR count). The van der Waals surface area contributed by atoms with Crippen molar-refractivity contribution in [1.82, 2.24) is 30.6 Å². The van der Waals surface area contributed by atoms with Crippen LogP contribution in [-0.4, -0.2) is 68.3 Å². The molecule has 1 amide bonds. The maximum absolute atomic E-state index is 11.2. The molecule has 0 radical (unpaired) electrons. The molecule has 0 fully saturated rings. The van der Waals surface area contributed by atoms with Gasteiger partial charge in [-0.15, -0.1) is 20.4 Å². The van der Waals surface area contributed by atoms with Crippen molar-refractivity contribution in [1.29, 1.82) is 0 Å². The van der Waals surface area contributed by atoms with Gasteiger partial charge < -0.3 is 31.6 Å². The molecule has 3 aromatic rings. The summed E-state index contributed by atoms with van der Waals surface area (Å²) in [6, 6.07) is 10.5. The number of nitrogens with one attached hydrogen (secondary N) is 1. The summed E-state index contributed by atoms with van der Waals surface area (Å²) in [4.78, 5) is 23.7. The zero-order valence-electron chi connectivity index (χ0n) is 22.0. The Balaban J connectivity index is 0.000000194. The average molecular weight is 563 g/mol. The number of hydrogen-bond donors (Lipinski definition) is 4. The highest BCUT2D eigenvalue weighted by Gasteiger charge is 2.19. The maximum Gasteiger partial charge on any atom is 0.219 e. The highest BCUT2D eigenvalue weighted by molar-refractivity contribution is 6.29. The fourth-order valence-corrected chi connectivity index (χ4v) is 4.72. The van der Waals surface area contributed by atoms with Gasteiger partial charge in [-0.05, 0) is 54.8 Å². The predicted octanol–water partition coefficient (Wildman–Crippen LogP) is 3.11. The Morgan fingerprint density at radius 1 is 1.07 bits per heavy atom. The van der Waals surface area contributed by atoms with Crippen molar-refractivity contribution >= 4 is 46.6 Å². The second-order valence-corrected chi connectivity index (χ2v) is 9.75. The van der Waals surface area contributed by atoms with Crippen LogP contribution in [0.4, 0.5) is 11.6 Å². The first-order valence-electron chi connectivity index (χ1n) is 12.8. The lowest BCUT2D eigenvalue weighted by molar-refractivity contribution is -0.128. The summed E-state index contributed by atoms with van der Waals surface area (Å²) in [6.45, 7) is 3.64. The van der Waals surface area contributed by atoms with Crippen LogP contribution in [0.3, 0.4) is 0 Å². The van der Waals surface area contributed by atoms with Crippen molar-refractivity contribution in [2.75, 3.05) is 31.1 Å². The minimum Gasteiger partial charge on any atom is -0.507 e. The number of phenols is 1. The van der Waals surface area contributed by atoms with Crippen molar-refractivity contribution in [2.24, 2.45) is 0 Å². The molecule has 12 heteroatoms. The minimum absolute atomic E-state index is 0.0115. The van der Waals surface area contributed by atoms with Crippen LogP contribution >= 0.6 is 11.6 Å². The number of benzene rings is 1. The van der Waals surface area contributed by atoms with E-state index >= 15 is 0 Å². The van der Waals surface area contributed by atoms with Crippen LogP contribution in [0.5, 0.6) is 5.75 Å². The Labute approximate surface area is 236 Å². The number of nitrogens with two attached hydrogens (primary N) is 2. The fraction of sp³-hybridized carbons (Fsp3) is 0.286. The maximum atomic E-state index is 11.2. The molecule has 1 atom stereocenters. The van der Waals surface area contributed by atoms with Gasteiger partial charge in [-0.1, -0.05) is 35.9 Å². The molecule has 0 bridgehead atoms. The smallest absolute Gasteiger partial charge is 0.219 e. The van der Waals surface area contributed by atoms with Crippen molar-refractivity contribution in [3.05, 3.63) is 64.8 Å². The van der Waals surface area contributed by atoms with Crippen molar-refractivity contribution < 1.29 is 14.7 Å². The number of nitrogen functional groups attached to an aromatic ring is 2. The molecule has 2 aromatic heterocycles. The first-order chi connectivity index (χ1) is 19.3. The third-order valence-corrected chi connectivity index (χ3v) is 6.88. The van der Waals surface area contributed by atoms with Crippen LogP contribution in [-0.2, 0) is 9.59 Å². The van der Waals surface area contributed by atoms with Gasteiger partial charge in [0, 0.05) is 49.2 Å². The molecular weight excluding hydrogens is 532 g/mol. The van der Waals surface area contributed by atoms with Gasteiger partial charge >= 0.3 is 0 Å². The predicted molar refractivity (Wildman–Crippen MR) is 155 cm³/mol. The Hall–Kier alpha value is -4.35. The van der Waals surface area contributed by atoms with Gasteiger partial charge in [-0.25, -0.2) is 0 Å². The minimum atomic E-state index is 0.0115. The van der Waals surface area contributed by atoms with Crippen molar-refractivity contribution in [3.8, 4) is 17.0 Å².